The molecule has 1 unspecified atom stereocenters. The maximum atomic E-state index is 11.6. The van der Waals surface area contributed by atoms with E-state index in [2.05, 4.69) is 0 Å². The lowest BCUT2D eigenvalue weighted by Gasteiger charge is -2.07. The van der Waals surface area contributed by atoms with E-state index in [9.17, 15) is 9.90 Å². The Kier molecular flexibility index (Phi) is 4.85. The molecule has 0 saturated heterocycles. The summed E-state index contributed by atoms with van der Waals surface area (Å²) in [6.45, 7) is 0. The van der Waals surface area contributed by atoms with E-state index in [1.54, 1.807) is 30.3 Å². The molecule has 24 heavy (non-hydrogen) atoms. The number of furan rings is 2. The van der Waals surface area contributed by atoms with Crippen LogP contribution in [0.3, 0.4) is 0 Å². The van der Waals surface area contributed by atoms with Crippen molar-refractivity contribution in [3.8, 4) is 0 Å². The first-order valence-electron chi connectivity index (χ1n) is 7.33. The van der Waals surface area contributed by atoms with Crippen LogP contribution >= 0.6 is 23.2 Å². The van der Waals surface area contributed by atoms with E-state index >= 15 is 0 Å². The number of carbonyl (C=O) groups excluding carboxylic acids is 1. The minimum absolute atomic E-state index is 0.0837. The highest BCUT2D eigenvalue weighted by atomic mass is 35.5. The monoisotopic (exact) mass is 367 g/mol. The fourth-order valence-corrected chi connectivity index (χ4v) is 2.95. The Morgan fingerprint density at radius 3 is 2.71 bits per heavy atom. The van der Waals surface area contributed by atoms with Crippen molar-refractivity contribution in [3.63, 3.8) is 0 Å². The number of aryl methyl sites for hydroxylation is 1. The predicted molar refractivity (Wildman–Crippen MR) is 91.3 cm³/mol. The molecule has 0 bridgehead atoms. The van der Waals surface area contributed by atoms with E-state index in [0.29, 0.717) is 40.5 Å². The first-order chi connectivity index (χ1) is 11.5. The molecule has 0 spiro atoms. The third-order valence-corrected chi connectivity index (χ3v) is 4.29. The number of rotatable bonds is 6. The number of hydrogen-bond donors (Lipinski definition) is 2. The van der Waals surface area contributed by atoms with Crippen LogP contribution in [0.1, 0.15) is 40.2 Å². The SMILES string of the molecule is NC(=O)c1oc2cc(Cl)ccc2c1CCC(O)c1ccc(CCl)o1. The Hall–Kier alpha value is -1.95. The molecule has 3 aromatic rings. The maximum absolute atomic E-state index is 11.6. The normalized spacial score (nSPS) is 12.6. The number of carbonyl (C=O) groups is 1. The molecule has 0 aliphatic heterocycles. The van der Waals surface area contributed by atoms with Gasteiger partial charge in [-0.2, -0.15) is 0 Å². The van der Waals surface area contributed by atoms with Gasteiger partial charge in [-0.1, -0.05) is 11.6 Å². The van der Waals surface area contributed by atoms with E-state index in [1.807, 2.05) is 0 Å². The van der Waals surface area contributed by atoms with Crippen LogP contribution in [0.2, 0.25) is 5.02 Å². The molecule has 5 nitrogen and oxygen atoms in total. The number of halogens is 2. The van der Waals surface area contributed by atoms with Crippen LogP contribution in [0.15, 0.2) is 39.2 Å². The lowest BCUT2D eigenvalue weighted by molar-refractivity contribution is 0.0973. The van der Waals surface area contributed by atoms with Crippen molar-refractivity contribution in [2.24, 2.45) is 5.73 Å². The number of hydrogen-bond acceptors (Lipinski definition) is 4. The standard InChI is InChI=1S/C17H15Cl2NO4/c18-8-10-2-6-14(23-10)13(21)5-4-12-11-3-1-9(19)7-15(11)24-16(12)17(20)22/h1-3,6-7,13,21H,4-5,8H2,(H2,20,22). The van der Waals surface area contributed by atoms with Crippen LogP contribution in [0, 0.1) is 0 Å². The highest BCUT2D eigenvalue weighted by molar-refractivity contribution is 6.31. The predicted octanol–water partition coefficient (Wildman–Crippen LogP) is 4.18. The largest absolute Gasteiger partial charge is 0.462 e. The van der Waals surface area contributed by atoms with E-state index < -0.39 is 12.0 Å². The third-order valence-electron chi connectivity index (χ3n) is 3.79. The number of alkyl halides is 1. The van der Waals surface area contributed by atoms with Gasteiger partial charge in [-0.15, -0.1) is 11.6 Å². The summed E-state index contributed by atoms with van der Waals surface area (Å²) in [5.41, 5.74) is 6.53. The van der Waals surface area contributed by atoms with E-state index in [1.165, 1.54) is 0 Å². The van der Waals surface area contributed by atoms with Gasteiger partial charge in [-0.05, 0) is 37.1 Å². The van der Waals surface area contributed by atoms with Gasteiger partial charge in [0.25, 0.3) is 5.91 Å². The molecule has 7 heteroatoms. The fraction of sp³-hybridized carbons (Fsp3) is 0.235. The highest BCUT2D eigenvalue weighted by Crippen LogP contribution is 2.31. The van der Waals surface area contributed by atoms with Gasteiger partial charge >= 0.3 is 0 Å². The van der Waals surface area contributed by atoms with Crippen LogP contribution in [0.5, 0.6) is 0 Å². The Balaban J connectivity index is 1.86. The van der Waals surface area contributed by atoms with Gasteiger partial charge in [-0.25, -0.2) is 0 Å². The van der Waals surface area contributed by atoms with Gasteiger partial charge < -0.3 is 19.7 Å². The molecule has 1 amide bonds. The van der Waals surface area contributed by atoms with Gasteiger partial charge in [0.2, 0.25) is 0 Å². The van der Waals surface area contributed by atoms with Crippen molar-refractivity contribution in [1.82, 2.24) is 0 Å². The number of aliphatic hydroxyl groups excluding tert-OH is 1. The second-order valence-electron chi connectivity index (χ2n) is 5.41. The van der Waals surface area contributed by atoms with Crippen molar-refractivity contribution in [3.05, 3.63) is 58.2 Å². The van der Waals surface area contributed by atoms with Crippen molar-refractivity contribution < 1.29 is 18.7 Å². The van der Waals surface area contributed by atoms with Crippen LogP contribution in [-0.2, 0) is 12.3 Å². The topological polar surface area (TPSA) is 89.6 Å². The van der Waals surface area contributed by atoms with E-state index in [-0.39, 0.29) is 11.6 Å². The van der Waals surface area contributed by atoms with Crippen LogP contribution < -0.4 is 5.73 Å². The van der Waals surface area contributed by atoms with Crippen LogP contribution in [0.25, 0.3) is 11.0 Å². The Morgan fingerprint density at radius 1 is 1.25 bits per heavy atom. The Morgan fingerprint density at radius 2 is 2.04 bits per heavy atom. The lowest BCUT2D eigenvalue weighted by atomic mass is 10.0. The molecule has 0 fully saturated rings. The summed E-state index contributed by atoms with van der Waals surface area (Å²) in [6, 6.07) is 8.51. The van der Waals surface area contributed by atoms with Gasteiger partial charge in [-0.3, -0.25) is 4.79 Å². The van der Waals surface area contributed by atoms with Gasteiger partial charge in [0.15, 0.2) is 5.76 Å². The molecule has 0 saturated carbocycles. The third kappa shape index (κ3) is 3.29. The Labute approximate surface area is 147 Å². The molecule has 1 atom stereocenters. The summed E-state index contributed by atoms with van der Waals surface area (Å²) in [7, 11) is 0. The first kappa shape index (κ1) is 16.9. The number of primary amides is 1. The summed E-state index contributed by atoms with van der Waals surface area (Å²) in [6.07, 6.45) is -0.0856. The van der Waals surface area contributed by atoms with Gasteiger partial charge in [0.1, 0.15) is 23.2 Å². The van der Waals surface area contributed by atoms with E-state index in [0.717, 1.165) is 5.39 Å². The quantitative estimate of drug-likeness (QED) is 0.639. The number of benzene rings is 1. The van der Waals surface area contributed by atoms with Gasteiger partial charge in [0.05, 0.1) is 5.88 Å². The number of amides is 1. The molecule has 3 N–H and O–H groups in total. The molecule has 0 radical (unpaired) electrons. The van der Waals surface area contributed by atoms with Crippen molar-refractivity contribution >= 4 is 40.1 Å². The van der Waals surface area contributed by atoms with E-state index in [4.69, 9.17) is 37.8 Å². The van der Waals surface area contributed by atoms with Crippen molar-refractivity contribution in [2.45, 2.75) is 24.8 Å². The summed E-state index contributed by atoms with van der Waals surface area (Å²) in [5, 5.41) is 11.5. The second-order valence-corrected chi connectivity index (χ2v) is 6.11. The molecular weight excluding hydrogens is 353 g/mol. The second kappa shape index (κ2) is 6.89. The lowest BCUT2D eigenvalue weighted by Crippen LogP contribution is -2.12. The highest BCUT2D eigenvalue weighted by Gasteiger charge is 2.21. The minimum atomic E-state index is -0.819. The zero-order valence-electron chi connectivity index (χ0n) is 12.6. The number of aliphatic hydroxyl groups is 1. The summed E-state index contributed by atoms with van der Waals surface area (Å²) >= 11 is 11.6. The number of fused-ring (bicyclic) bond motifs is 1. The van der Waals surface area contributed by atoms with Crippen LogP contribution in [0.4, 0.5) is 0 Å². The summed E-state index contributed by atoms with van der Waals surface area (Å²) in [5.74, 6) is 0.690. The first-order valence-corrected chi connectivity index (χ1v) is 8.24. The zero-order valence-corrected chi connectivity index (χ0v) is 14.1. The molecule has 126 valence electrons. The molecule has 2 heterocycles. The average Bonchev–Trinajstić information content (AvgIpc) is 3.16. The molecule has 2 aromatic heterocycles. The molecule has 0 aliphatic carbocycles. The zero-order chi connectivity index (χ0) is 17.3. The fourth-order valence-electron chi connectivity index (χ4n) is 2.64. The average molecular weight is 368 g/mol. The smallest absolute Gasteiger partial charge is 0.284 e. The van der Waals surface area contributed by atoms with Gasteiger partial charge in [0, 0.05) is 22.0 Å². The summed E-state index contributed by atoms with van der Waals surface area (Å²) in [4.78, 5) is 11.6. The molecular formula is C17H15Cl2NO4. The molecule has 1 aromatic carbocycles. The van der Waals surface area contributed by atoms with Crippen LogP contribution in [-0.4, -0.2) is 11.0 Å². The number of nitrogens with two attached hydrogens (primary N) is 1. The maximum Gasteiger partial charge on any atom is 0.284 e. The minimum Gasteiger partial charge on any atom is -0.462 e. The van der Waals surface area contributed by atoms with Crippen molar-refractivity contribution in [2.75, 3.05) is 0 Å². The summed E-state index contributed by atoms with van der Waals surface area (Å²) < 4.78 is 11.0. The van der Waals surface area contributed by atoms with Crippen molar-refractivity contribution in [1.29, 1.82) is 0 Å². The molecule has 3 rings (SSSR count). The molecule has 0 aliphatic rings. The Bertz CT molecular complexity index is 884.